The fraction of sp³-hybridized carbons (Fsp3) is 0.407. The summed E-state index contributed by atoms with van der Waals surface area (Å²) < 4.78 is 1.84. The fourth-order valence-corrected chi connectivity index (χ4v) is 5.21. The van der Waals surface area contributed by atoms with Crippen LogP contribution in [0.2, 0.25) is 0 Å². The van der Waals surface area contributed by atoms with Crippen molar-refractivity contribution in [2.45, 2.75) is 64.1 Å². The minimum absolute atomic E-state index is 0.0846. The number of nitrogens with one attached hydrogen (secondary N) is 1. The van der Waals surface area contributed by atoms with Gasteiger partial charge in [-0.05, 0) is 71.4 Å². The summed E-state index contributed by atoms with van der Waals surface area (Å²) in [7, 11) is 2.12. The number of aryl methyl sites for hydroxylation is 1. The Hall–Kier alpha value is -3.32. The van der Waals surface area contributed by atoms with E-state index in [1.165, 1.54) is 24.8 Å². The van der Waals surface area contributed by atoms with E-state index >= 15 is 0 Å². The number of rotatable bonds is 7. The van der Waals surface area contributed by atoms with E-state index in [-0.39, 0.29) is 11.6 Å². The van der Waals surface area contributed by atoms with Gasteiger partial charge in [-0.25, -0.2) is 4.68 Å². The molecular weight excluding hydrogens is 424 g/mol. The second-order valence-corrected chi connectivity index (χ2v) is 9.37. The van der Waals surface area contributed by atoms with E-state index in [9.17, 15) is 4.79 Å². The first-order valence-electron chi connectivity index (χ1n) is 12.3. The Kier molecular flexibility index (Phi) is 6.54. The summed E-state index contributed by atoms with van der Waals surface area (Å²) in [4.78, 5) is 18.9. The zero-order valence-corrected chi connectivity index (χ0v) is 19.9. The van der Waals surface area contributed by atoms with Crippen LogP contribution in [0.25, 0.3) is 10.9 Å². The third-order valence-corrected chi connectivity index (χ3v) is 7.18. The highest BCUT2D eigenvalue weighted by Gasteiger charge is 2.33. The number of pyridine rings is 1. The first-order chi connectivity index (χ1) is 16.6. The Morgan fingerprint density at radius 1 is 1.06 bits per heavy atom. The van der Waals surface area contributed by atoms with Crippen molar-refractivity contribution in [1.82, 2.24) is 30.1 Å². The van der Waals surface area contributed by atoms with Gasteiger partial charge in [-0.3, -0.25) is 9.69 Å². The molecule has 0 spiro atoms. The minimum atomic E-state index is -0.333. The first kappa shape index (κ1) is 22.5. The van der Waals surface area contributed by atoms with Crippen molar-refractivity contribution in [3.63, 3.8) is 0 Å². The third-order valence-electron chi connectivity index (χ3n) is 7.18. The molecule has 2 heterocycles. The maximum atomic E-state index is 13.4. The van der Waals surface area contributed by atoms with Crippen molar-refractivity contribution in [1.29, 1.82) is 0 Å². The number of hydrogen-bond acceptors (Lipinski definition) is 5. The van der Waals surface area contributed by atoms with Gasteiger partial charge in [-0.2, -0.15) is 0 Å². The van der Waals surface area contributed by atoms with Crippen molar-refractivity contribution in [2.75, 3.05) is 7.05 Å². The van der Waals surface area contributed by atoms with Gasteiger partial charge in [-0.15, -0.1) is 5.10 Å². The molecular formula is C27H32N6O. The maximum absolute atomic E-state index is 13.4. The Bertz CT molecular complexity index is 1310. The van der Waals surface area contributed by atoms with Crippen LogP contribution in [0.15, 0.2) is 59.4 Å². The summed E-state index contributed by atoms with van der Waals surface area (Å²) in [6, 6.07) is 18.5. The van der Waals surface area contributed by atoms with Gasteiger partial charge in [0.15, 0.2) is 5.82 Å². The van der Waals surface area contributed by atoms with Crippen LogP contribution in [-0.2, 0) is 13.0 Å². The first-order valence-corrected chi connectivity index (χ1v) is 12.3. The van der Waals surface area contributed by atoms with Crippen LogP contribution >= 0.6 is 0 Å². The molecule has 1 saturated carbocycles. The highest BCUT2D eigenvalue weighted by molar-refractivity contribution is 5.80. The van der Waals surface area contributed by atoms with Crippen LogP contribution in [0.3, 0.4) is 0 Å². The number of hydrogen-bond donors (Lipinski definition) is 1. The molecule has 7 heteroatoms. The van der Waals surface area contributed by atoms with Crippen molar-refractivity contribution in [3.05, 3.63) is 87.5 Å². The number of nitrogens with zero attached hydrogens (tertiary/aromatic N) is 5. The molecule has 0 aliphatic heterocycles. The summed E-state index contributed by atoms with van der Waals surface area (Å²) >= 11 is 0. The predicted molar refractivity (Wildman–Crippen MR) is 134 cm³/mol. The maximum Gasteiger partial charge on any atom is 0.253 e. The molecule has 0 amide bonds. The van der Waals surface area contributed by atoms with Crippen molar-refractivity contribution >= 4 is 10.9 Å². The molecule has 7 nitrogen and oxygen atoms in total. The molecule has 5 rings (SSSR count). The Balaban J connectivity index is 1.62. The minimum Gasteiger partial charge on any atom is -0.322 e. The number of aromatic nitrogens is 5. The van der Waals surface area contributed by atoms with Crippen LogP contribution in [0, 0.1) is 0 Å². The van der Waals surface area contributed by atoms with Gasteiger partial charge >= 0.3 is 0 Å². The molecule has 0 unspecified atom stereocenters. The lowest BCUT2D eigenvalue weighted by atomic mass is 9.92. The van der Waals surface area contributed by atoms with E-state index < -0.39 is 0 Å². The number of fused-ring (bicyclic) bond motifs is 1. The fourth-order valence-electron chi connectivity index (χ4n) is 5.21. The standard InChI is InChI=1S/C27H32N6O/c1-3-19-14-15-24-21(16-19)17-23(27(34)28-24)25(32(2)22-12-8-5-9-13-22)26-29-30-31-33(26)18-20-10-6-4-7-11-20/h4,6-7,10-11,14-17,22,25H,3,5,8-9,12-13,18H2,1-2H3,(H,28,34)/t25-/m0/s1. The van der Waals surface area contributed by atoms with Crippen LogP contribution in [0.4, 0.5) is 0 Å². The summed E-state index contributed by atoms with van der Waals surface area (Å²) in [6.45, 7) is 2.70. The van der Waals surface area contributed by atoms with Crippen molar-refractivity contribution in [3.8, 4) is 0 Å². The molecule has 176 valence electrons. The van der Waals surface area contributed by atoms with Gasteiger partial charge in [0, 0.05) is 17.1 Å². The zero-order valence-electron chi connectivity index (χ0n) is 19.9. The molecule has 0 saturated heterocycles. The second-order valence-electron chi connectivity index (χ2n) is 9.37. The normalized spacial score (nSPS) is 15.7. The molecule has 1 fully saturated rings. The quantitative estimate of drug-likeness (QED) is 0.444. The van der Waals surface area contributed by atoms with E-state index in [1.807, 2.05) is 35.0 Å². The molecule has 4 aromatic rings. The predicted octanol–water partition coefficient (Wildman–Crippen LogP) is 4.48. The monoisotopic (exact) mass is 456 g/mol. The SMILES string of the molecule is CCc1ccc2[nH]c(=O)c([C@@H](c3nnnn3Cc3ccccc3)N(C)C3CCCCC3)cc2c1. The van der Waals surface area contributed by atoms with Gasteiger partial charge in [-0.1, -0.05) is 62.6 Å². The Labute approximate surface area is 199 Å². The van der Waals surface area contributed by atoms with Crippen LogP contribution < -0.4 is 5.56 Å². The van der Waals surface area contributed by atoms with Crippen molar-refractivity contribution < 1.29 is 0 Å². The van der Waals surface area contributed by atoms with Crippen LogP contribution in [0.1, 0.15) is 67.6 Å². The van der Waals surface area contributed by atoms with Crippen LogP contribution in [-0.4, -0.2) is 43.2 Å². The number of aromatic amines is 1. The summed E-state index contributed by atoms with van der Waals surface area (Å²) in [6.07, 6.45) is 6.90. The van der Waals surface area contributed by atoms with Gasteiger partial charge in [0.1, 0.15) is 6.04 Å². The van der Waals surface area contributed by atoms with Gasteiger partial charge in [0.2, 0.25) is 0 Å². The average Bonchev–Trinajstić information content (AvgIpc) is 3.32. The summed E-state index contributed by atoms with van der Waals surface area (Å²) in [5.41, 5.74) is 3.83. The zero-order chi connectivity index (χ0) is 23.5. The second kappa shape index (κ2) is 9.89. The Morgan fingerprint density at radius 3 is 2.62 bits per heavy atom. The molecule has 1 aliphatic rings. The average molecular weight is 457 g/mol. The highest BCUT2D eigenvalue weighted by atomic mass is 16.1. The lowest BCUT2D eigenvalue weighted by Crippen LogP contribution is -2.40. The van der Waals surface area contributed by atoms with Crippen molar-refractivity contribution in [2.24, 2.45) is 0 Å². The van der Waals surface area contributed by atoms with E-state index in [2.05, 4.69) is 63.6 Å². The van der Waals surface area contributed by atoms with Gasteiger partial charge in [0.25, 0.3) is 5.56 Å². The smallest absolute Gasteiger partial charge is 0.253 e. The molecule has 2 aromatic heterocycles. The third kappa shape index (κ3) is 4.53. The number of benzene rings is 2. The van der Waals surface area contributed by atoms with E-state index in [0.717, 1.165) is 35.7 Å². The topological polar surface area (TPSA) is 79.7 Å². The lowest BCUT2D eigenvalue weighted by molar-refractivity contribution is 0.149. The van der Waals surface area contributed by atoms with Crippen LogP contribution in [0.5, 0.6) is 0 Å². The van der Waals surface area contributed by atoms with E-state index in [4.69, 9.17) is 0 Å². The molecule has 1 N–H and O–H groups in total. The molecule has 0 radical (unpaired) electrons. The molecule has 2 aromatic carbocycles. The van der Waals surface area contributed by atoms with E-state index in [1.54, 1.807) is 0 Å². The summed E-state index contributed by atoms with van der Waals surface area (Å²) in [5, 5.41) is 13.9. The van der Waals surface area contributed by atoms with Gasteiger partial charge < -0.3 is 4.98 Å². The lowest BCUT2D eigenvalue weighted by Gasteiger charge is -2.36. The number of tetrazole rings is 1. The Morgan fingerprint density at radius 2 is 1.85 bits per heavy atom. The van der Waals surface area contributed by atoms with E-state index in [0.29, 0.717) is 24.0 Å². The number of H-pyrrole nitrogens is 1. The summed E-state index contributed by atoms with van der Waals surface area (Å²) in [5.74, 6) is 0.702. The van der Waals surface area contributed by atoms with Gasteiger partial charge in [0.05, 0.1) is 6.54 Å². The molecule has 1 atom stereocenters. The molecule has 1 aliphatic carbocycles. The largest absolute Gasteiger partial charge is 0.322 e. The molecule has 0 bridgehead atoms. The highest BCUT2D eigenvalue weighted by Crippen LogP contribution is 2.32. The molecule has 34 heavy (non-hydrogen) atoms.